The lowest BCUT2D eigenvalue weighted by atomic mass is 10.2. The highest BCUT2D eigenvalue weighted by Crippen LogP contribution is 2.32. The second kappa shape index (κ2) is 9.09. The predicted octanol–water partition coefficient (Wildman–Crippen LogP) is 4.76. The van der Waals surface area contributed by atoms with Gasteiger partial charge in [0.2, 0.25) is 11.8 Å². The van der Waals surface area contributed by atoms with Crippen molar-refractivity contribution in [3.8, 4) is 5.88 Å². The number of carbonyl (C=O) groups is 1. The van der Waals surface area contributed by atoms with Gasteiger partial charge in [-0.3, -0.25) is 4.79 Å². The van der Waals surface area contributed by atoms with E-state index >= 15 is 0 Å². The van der Waals surface area contributed by atoms with Gasteiger partial charge in [0.25, 0.3) is 0 Å². The molecule has 31 heavy (non-hydrogen) atoms. The van der Waals surface area contributed by atoms with Crippen LogP contribution in [0.5, 0.6) is 5.88 Å². The van der Waals surface area contributed by atoms with Crippen LogP contribution < -0.4 is 10.1 Å². The molecule has 0 bridgehead atoms. The SMILES string of the molecule is C/C=C/C(=O)N1CC[C@H](Oc2nc(Nc3ncc(C)s3)cc3c2ccn3CC(C)C)C1. The van der Waals surface area contributed by atoms with Crippen molar-refractivity contribution in [2.75, 3.05) is 18.4 Å². The zero-order valence-electron chi connectivity index (χ0n) is 18.5. The van der Waals surface area contributed by atoms with Crippen molar-refractivity contribution in [2.45, 2.75) is 46.8 Å². The molecule has 0 unspecified atom stereocenters. The third-order valence-corrected chi connectivity index (χ3v) is 6.02. The van der Waals surface area contributed by atoms with E-state index in [4.69, 9.17) is 9.72 Å². The standard InChI is InChI=1S/C23H29N5O2S/c1-5-6-21(29)28-9-7-17(14-28)30-22-18-8-10-27(13-15(2)3)19(18)11-20(25-22)26-23-24-12-16(4)31-23/h5-6,8,10-12,15,17H,7,9,13-14H2,1-4H3,(H,24,25,26)/b6-5+/t17-/m0/s1. The highest BCUT2D eigenvalue weighted by molar-refractivity contribution is 7.15. The Kier molecular flexibility index (Phi) is 6.27. The van der Waals surface area contributed by atoms with Crippen LogP contribution in [0.3, 0.4) is 0 Å². The summed E-state index contributed by atoms with van der Waals surface area (Å²) in [6, 6.07) is 4.12. The van der Waals surface area contributed by atoms with Crippen LogP contribution >= 0.6 is 11.3 Å². The van der Waals surface area contributed by atoms with Crippen molar-refractivity contribution in [1.29, 1.82) is 0 Å². The Morgan fingerprint density at radius 3 is 3.00 bits per heavy atom. The summed E-state index contributed by atoms with van der Waals surface area (Å²) in [5.74, 6) is 1.86. The molecule has 0 aliphatic carbocycles. The van der Waals surface area contributed by atoms with Crippen LogP contribution in [0.1, 0.15) is 32.1 Å². The summed E-state index contributed by atoms with van der Waals surface area (Å²) in [5.41, 5.74) is 1.08. The molecule has 1 aliphatic heterocycles. The van der Waals surface area contributed by atoms with Gasteiger partial charge in [-0.2, -0.15) is 4.98 Å². The summed E-state index contributed by atoms with van der Waals surface area (Å²) in [5, 5.41) is 5.12. The Hall–Kier alpha value is -2.87. The molecule has 4 rings (SSSR count). The molecule has 1 aliphatic rings. The first-order valence-corrected chi connectivity index (χ1v) is 11.5. The van der Waals surface area contributed by atoms with E-state index in [2.05, 4.69) is 47.0 Å². The van der Waals surface area contributed by atoms with E-state index in [1.165, 1.54) is 0 Å². The Morgan fingerprint density at radius 2 is 2.29 bits per heavy atom. The number of aromatic nitrogens is 3. The number of allylic oxidation sites excluding steroid dienone is 1. The molecule has 1 saturated heterocycles. The molecule has 1 atom stereocenters. The van der Waals surface area contributed by atoms with Gasteiger partial charge in [-0.25, -0.2) is 4.98 Å². The normalized spacial score (nSPS) is 16.7. The smallest absolute Gasteiger partial charge is 0.246 e. The maximum atomic E-state index is 12.2. The summed E-state index contributed by atoms with van der Waals surface area (Å²) in [7, 11) is 0. The van der Waals surface area contributed by atoms with Crippen LogP contribution in [0.15, 0.2) is 36.7 Å². The number of aryl methyl sites for hydroxylation is 1. The van der Waals surface area contributed by atoms with Gasteiger partial charge in [-0.05, 0) is 31.9 Å². The van der Waals surface area contributed by atoms with E-state index in [1.807, 2.05) is 24.9 Å². The number of nitrogens with one attached hydrogen (secondary N) is 1. The molecule has 1 N–H and O–H groups in total. The summed E-state index contributed by atoms with van der Waals surface area (Å²) < 4.78 is 8.59. The number of thiazole rings is 1. The summed E-state index contributed by atoms with van der Waals surface area (Å²) in [6.07, 6.45) is 8.03. The average Bonchev–Trinajstić information content (AvgIpc) is 3.43. The van der Waals surface area contributed by atoms with Crippen molar-refractivity contribution in [1.82, 2.24) is 19.4 Å². The van der Waals surface area contributed by atoms with E-state index < -0.39 is 0 Å². The molecule has 0 spiro atoms. The molecule has 4 heterocycles. The van der Waals surface area contributed by atoms with E-state index in [0.29, 0.717) is 30.7 Å². The predicted molar refractivity (Wildman–Crippen MR) is 125 cm³/mol. The van der Waals surface area contributed by atoms with E-state index in [1.54, 1.807) is 23.5 Å². The molecule has 164 valence electrons. The van der Waals surface area contributed by atoms with E-state index in [9.17, 15) is 4.79 Å². The Bertz CT molecular complexity index is 1100. The Balaban J connectivity index is 1.63. The van der Waals surface area contributed by atoms with Crippen molar-refractivity contribution in [2.24, 2.45) is 5.92 Å². The first-order valence-electron chi connectivity index (χ1n) is 10.7. The number of carbonyl (C=O) groups excluding carboxylic acids is 1. The monoisotopic (exact) mass is 439 g/mol. The van der Waals surface area contributed by atoms with E-state index in [-0.39, 0.29) is 12.0 Å². The molecule has 1 amide bonds. The molecule has 3 aromatic rings. The van der Waals surface area contributed by atoms with Gasteiger partial charge in [0.15, 0.2) is 5.13 Å². The topological polar surface area (TPSA) is 72.3 Å². The largest absolute Gasteiger partial charge is 0.472 e. The lowest BCUT2D eigenvalue weighted by Crippen LogP contribution is -2.29. The quantitative estimate of drug-likeness (QED) is 0.538. The maximum Gasteiger partial charge on any atom is 0.246 e. The second-order valence-electron chi connectivity index (χ2n) is 8.32. The molecule has 3 aromatic heterocycles. The number of ether oxygens (including phenoxy) is 1. The molecular weight excluding hydrogens is 410 g/mol. The zero-order chi connectivity index (χ0) is 22.0. The molecule has 0 saturated carbocycles. The van der Waals surface area contributed by atoms with Gasteiger partial charge < -0.3 is 19.5 Å². The summed E-state index contributed by atoms with van der Waals surface area (Å²) in [6.45, 7) is 10.5. The maximum absolute atomic E-state index is 12.2. The van der Waals surface area contributed by atoms with Gasteiger partial charge in [0, 0.05) is 42.8 Å². The molecule has 7 nitrogen and oxygen atoms in total. The number of anilines is 2. The zero-order valence-corrected chi connectivity index (χ0v) is 19.3. The summed E-state index contributed by atoms with van der Waals surface area (Å²) in [4.78, 5) is 24.3. The van der Waals surface area contributed by atoms with Crippen LogP contribution in [0.4, 0.5) is 10.9 Å². The molecular formula is C23H29N5O2S. The molecule has 0 aromatic carbocycles. The molecule has 1 fully saturated rings. The first-order chi connectivity index (χ1) is 14.9. The van der Waals surface area contributed by atoms with Gasteiger partial charge in [-0.1, -0.05) is 19.9 Å². The number of hydrogen-bond donors (Lipinski definition) is 1. The third-order valence-electron chi connectivity index (χ3n) is 5.19. The minimum atomic E-state index is -0.0734. The fourth-order valence-corrected chi connectivity index (χ4v) is 4.49. The lowest BCUT2D eigenvalue weighted by Gasteiger charge is -2.17. The highest BCUT2D eigenvalue weighted by Gasteiger charge is 2.27. The van der Waals surface area contributed by atoms with Crippen LogP contribution in [-0.4, -0.2) is 44.5 Å². The first kappa shape index (κ1) is 21.4. The van der Waals surface area contributed by atoms with Gasteiger partial charge in [-0.15, -0.1) is 11.3 Å². The van der Waals surface area contributed by atoms with Crippen LogP contribution in [0.2, 0.25) is 0 Å². The van der Waals surface area contributed by atoms with Gasteiger partial charge in [0.1, 0.15) is 11.9 Å². The average molecular weight is 440 g/mol. The Labute approximate surface area is 186 Å². The van der Waals surface area contributed by atoms with Crippen molar-refractivity contribution < 1.29 is 9.53 Å². The number of hydrogen-bond acceptors (Lipinski definition) is 6. The minimum Gasteiger partial charge on any atom is -0.472 e. The number of nitrogens with zero attached hydrogens (tertiary/aromatic N) is 4. The summed E-state index contributed by atoms with van der Waals surface area (Å²) >= 11 is 1.59. The molecule has 0 radical (unpaired) electrons. The van der Waals surface area contributed by atoms with Crippen molar-refractivity contribution in [3.05, 3.63) is 41.6 Å². The Morgan fingerprint density at radius 1 is 1.45 bits per heavy atom. The van der Waals surface area contributed by atoms with Gasteiger partial charge >= 0.3 is 0 Å². The number of amides is 1. The van der Waals surface area contributed by atoms with Crippen molar-refractivity contribution in [3.63, 3.8) is 0 Å². The molecule has 8 heteroatoms. The third kappa shape index (κ3) is 4.90. The number of pyridine rings is 1. The fourth-order valence-electron chi connectivity index (χ4n) is 3.82. The minimum absolute atomic E-state index is 0.0318. The fraction of sp³-hybridized carbons (Fsp3) is 0.435. The second-order valence-corrected chi connectivity index (χ2v) is 9.56. The van der Waals surface area contributed by atoms with Gasteiger partial charge in [0.05, 0.1) is 17.4 Å². The van der Waals surface area contributed by atoms with E-state index in [0.717, 1.165) is 33.9 Å². The van der Waals surface area contributed by atoms with Crippen LogP contribution in [0.25, 0.3) is 10.9 Å². The number of fused-ring (bicyclic) bond motifs is 1. The van der Waals surface area contributed by atoms with Crippen LogP contribution in [-0.2, 0) is 11.3 Å². The number of likely N-dealkylation sites (tertiary alicyclic amines) is 1. The van der Waals surface area contributed by atoms with Crippen molar-refractivity contribution >= 4 is 39.1 Å². The lowest BCUT2D eigenvalue weighted by molar-refractivity contribution is -0.125. The van der Waals surface area contributed by atoms with Crippen LogP contribution in [0, 0.1) is 12.8 Å². The highest BCUT2D eigenvalue weighted by atomic mass is 32.1. The number of rotatable bonds is 7.